The number of hydrogen-bond donors (Lipinski definition) is 2. The number of carbonyl (C=O) groups excluding carboxylic acids is 1. The van der Waals surface area contributed by atoms with E-state index in [-0.39, 0.29) is 5.60 Å². The molecule has 2 aromatic rings. The number of carbonyl (C=O) groups is 2. The molecule has 0 saturated carbocycles. The molecular weight excluding hydrogens is 306 g/mol. The molecular formula is C19H21NO4. The number of aliphatic carboxylic acids is 1. The average molecular weight is 327 g/mol. The molecule has 1 atom stereocenters. The third-order valence-corrected chi connectivity index (χ3v) is 3.20. The van der Waals surface area contributed by atoms with Crippen molar-refractivity contribution in [3.63, 3.8) is 0 Å². The van der Waals surface area contributed by atoms with E-state index in [9.17, 15) is 14.7 Å². The summed E-state index contributed by atoms with van der Waals surface area (Å²) in [6.07, 6.45) is 0. The second-order valence-electron chi connectivity index (χ2n) is 6.39. The Kier molecular flexibility index (Phi) is 5.24. The van der Waals surface area contributed by atoms with Gasteiger partial charge in [-0.3, -0.25) is 4.79 Å². The minimum atomic E-state index is -1.11. The van der Waals surface area contributed by atoms with E-state index in [1.807, 2.05) is 20.8 Å². The molecule has 0 radical (unpaired) electrons. The van der Waals surface area contributed by atoms with E-state index in [0.29, 0.717) is 16.9 Å². The highest BCUT2D eigenvalue weighted by atomic mass is 16.5. The number of ether oxygens (including phenoxy) is 1. The Hall–Kier alpha value is -2.82. The van der Waals surface area contributed by atoms with Crippen LogP contribution in [0.25, 0.3) is 0 Å². The molecule has 0 bridgehead atoms. The van der Waals surface area contributed by atoms with Crippen LogP contribution in [0.5, 0.6) is 5.75 Å². The van der Waals surface area contributed by atoms with Crippen LogP contribution in [0, 0.1) is 0 Å². The highest BCUT2D eigenvalue weighted by Gasteiger charge is 2.22. The number of carboxylic acid groups (broad SMARTS) is 1. The lowest BCUT2D eigenvalue weighted by molar-refractivity contribution is -0.139. The van der Waals surface area contributed by atoms with Gasteiger partial charge >= 0.3 is 5.97 Å². The molecule has 0 aliphatic carbocycles. The van der Waals surface area contributed by atoms with E-state index in [1.54, 1.807) is 54.6 Å². The minimum Gasteiger partial charge on any atom is -0.488 e. The summed E-state index contributed by atoms with van der Waals surface area (Å²) in [6.45, 7) is 5.81. The Morgan fingerprint density at radius 2 is 1.58 bits per heavy atom. The highest BCUT2D eigenvalue weighted by molar-refractivity contribution is 5.96. The van der Waals surface area contributed by atoms with Gasteiger partial charge in [0.2, 0.25) is 0 Å². The molecule has 0 aliphatic heterocycles. The van der Waals surface area contributed by atoms with Gasteiger partial charge in [-0.15, -0.1) is 0 Å². The van der Waals surface area contributed by atoms with Gasteiger partial charge in [-0.25, -0.2) is 4.79 Å². The van der Waals surface area contributed by atoms with Crippen LogP contribution in [0.3, 0.4) is 0 Å². The van der Waals surface area contributed by atoms with E-state index in [4.69, 9.17) is 4.74 Å². The molecule has 2 rings (SSSR count). The average Bonchev–Trinajstić information content (AvgIpc) is 2.52. The maximum Gasteiger partial charge on any atom is 0.330 e. The fourth-order valence-corrected chi connectivity index (χ4v) is 2.18. The molecule has 0 fully saturated rings. The van der Waals surface area contributed by atoms with Crippen molar-refractivity contribution in [2.45, 2.75) is 32.4 Å². The SMILES string of the molecule is CC(C)(C)Oc1ccc(C(=O)NC(C(=O)O)c2ccccc2)cc1. The summed E-state index contributed by atoms with van der Waals surface area (Å²) in [7, 11) is 0. The van der Waals surface area contributed by atoms with Gasteiger partial charge in [-0.1, -0.05) is 30.3 Å². The number of benzene rings is 2. The standard InChI is InChI=1S/C19H21NO4/c1-19(2,3)24-15-11-9-14(10-12-15)17(21)20-16(18(22)23)13-7-5-4-6-8-13/h4-12,16H,1-3H3,(H,20,21)(H,22,23). The Bertz CT molecular complexity index is 702. The molecule has 2 N–H and O–H groups in total. The zero-order valence-corrected chi connectivity index (χ0v) is 13.9. The second-order valence-corrected chi connectivity index (χ2v) is 6.39. The van der Waals surface area contributed by atoms with Crippen molar-refractivity contribution in [3.8, 4) is 5.75 Å². The first kappa shape index (κ1) is 17.5. The molecule has 0 saturated heterocycles. The molecule has 0 aliphatic rings. The van der Waals surface area contributed by atoms with Crippen LogP contribution in [0.1, 0.15) is 42.7 Å². The molecule has 24 heavy (non-hydrogen) atoms. The molecule has 5 nitrogen and oxygen atoms in total. The minimum absolute atomic E-state index is 0.328. The summed E-state index contributed by atoms with van der Waals surface area (Å²) in [5.74, 6) is -0.910. The topological polar surface area (TPSA) is 75.6 Å². The van der Waals surface area contributed by atoms with Crippen LogP contribution in [-0.4, -0.2) is 22.6 Å². The molecule has 0 aromatic heterocycles. The van der Waals surface area contributed by atoms with Gasteiger partial charge in [0.25, 0.3) is 5.91 Å². The van der Waals surface area contributed by atoms with Crippen LogP contribution in [0.4, 0.5) is 0 Å². The lowest BCUT2D eigenvalue weighted by Crippen LogP contribution is -2.33. The van der Waals surface area contributed by atoms with Gasteiger partial charge in [0.05, 0.1) is 0 Å². The zero-order chi connectivity index (χ0) is 17.7. The van der Waals surface area contributed by atoms with Gasteiger partial charge in [0, 0.05) is 5.56 Å². The van der Waals surface area contributed by atoms with Crippen LogP contribution >= 0.6 is 0 Å². The summed E-state index contributed by atoms with van der Waals surface area (Å²) in [6, 6.07) is 14.1. The van der Waals surface area contributed by atoms with Crippen molar-refractivity contribution in [2.75, 3.05) is 0 Å². The van der Waals surface area contributed by atoms with Crippen molar-refractivity contribution >= 4 is 11.9 Å². The van der Waals surface area contributed by atoms with Crippen molar-refractivity contribution in [1.29, 1.82) is 0 Å². The normalized spacial score (nSPS) is 12.3. The monoisotopic (exact) mass is 327 g/mol. The smallest absolute Gasteiger partial charge is 0.330 e. The Morgan fingerprint density at radius 3 is 2.08 bits per heavy atom. The number of hydrogen-bond acceptors (Lipinski definition) is 3. The first-order valence-corrected chi connectivity index (χ1v) is 7.64. The van der Waals surface area contributed by atoms with E-state index < -0.39 is 17.9 Å². The van der Waals surface area contributed by atoms with E-state index in [2.05, 4.69) is 5.32 Å². The number of carboxylic acids is 1. The molecule has 0 heterocycles. The Labute approximate surface area is 141 Å². The Morgan fingerprint density at radius 1 is 1.00 bits per heavy atom. The van der Waals surface area contributed by atoms with E-state index in [1.165, 1.54) is 0 Å². The first-order chi connectivity index (χ1) is 11.3. The maximum absolute atomic E-state index is 12.3. The number of amides is 1. The summed E-state index contributed by atoms with van der Waals surface area (Å²) in [4.78, 5) is 23.8. The fraction of sp³-hybridized carbons (Fsp3) is 0.263. The predicted octanol–water partition coefficient (Wildman–Crippen LogP) is 3.42. The van der Waals surface area contributed by atoms with Crippen molar-refractivity contribution in [3.05, 3.63) is 65.7 Å². The highest BCUT2D eigenvalue weighted by Crippen LogP contribution is 2.19. The molecule has 1 unspecified atom stereocenters. The van der Waals surface area contributed by atoms with E-state index in [0.717, 1.165) is 0 Å². The lowest BCUT2D eigenvalue weighted by Gasteiger charge is -2.21. The van der Waals surface area contributed by atoms with E-state index >= 15 is 0 Å². The third kappa shape index (κ3) is 4.84. The zero-order valence-electron chi connectivity index (χ0n) is 13.9. The lowest BCUT2D eigenvalue weighted by atomic mass is 10.1. The summed E-state index contributed by atoms with van der Waals surface area (Å²) >= 11 is 0. The maximum atomic E-state index is 12.3. The van der Waals surface area contributed by atoms with Gasteiger partial charge in [-0.05, 0) is 50.6 Å². The van der Waals surface area contributed by atoms with Gasteiger partial charge in [-0.2, -0.15) is 0 Å². The molecule has 2 aromatic carbocycles. The fourth-order valence-electron chi connectivity index (χ4n) is 2.18. The van der Waals surface area contributed by atoms with Crippen molar-refractivity contribution < 1.29 is 19.4 Å². The van der Waals surface area contributed by atoms with Crippen LogP contribution in [0.15, 0.2) is 54.6 Å². The summed E-state index contributed by atoms with van der Waals surface area (Å²) in [5.41, 5.74) is 0.565. The molecule has 126 valence electrons. The first-order valence-electron chi connectivity index (χ1n) is 7.64. The molecule has 1 amide bonds. The van der Waals surface area contributed by atoms with Gasteiger partial charge in [0.1, 0.15) is 11.4 Å². The Balaban J connectivity index is 2.12. The van der Waals surface area contributed by atoms with Gasteiger partial charge in [0.15, 0.2) is 6.04 Å². The predicted molar refractivity (Wildman–Crippen MR) is 91.1 cm³/mol. The third-order valence-electron chi connectivity index (χ3n) is 3.20. The summed E-state index contributed by atoms with van der Waals surface area (Å²) < 4.78 is 5.70. The van der Waals surface area contributed by atoms with Crippen molar-refractivity contribution in [2.24, 2.45) is 0 Å². The molecule has 5 heteroatoms. The second kappa shape index (κ2) is 7.17. The number of rotatable bonds is 5. The quantitative estimate of drug-likeness (QED) is 0.882. The van der Waals surface area contributed by atoms with Crippen LogP contribution < -0.4 is 10.1 Å². The number of nitrogens with one attached hydrogen (secondary N) is 1. The summed E-state index contributed by atoms with van der Waals surface area (Å²) in [5, 5.41) is 11.9. The van der Waals surface area contributed by atoms with Gasteiger partial charge < -0.3 is 15.2 Å². The largest absolute Gasteiger partial charge is 0.488 e. The van der Waals surface area contributed by atoms with Crippen LogP contribution in [0.2, 0.25) is 0 Å². The van der Waals surface area contributed by atoms with Crippen molar-refractivity contribution in [1.82, 2.24) is 5.32 Å². The van der Waals surface area contributed by atoms with Crippen LogP contribution in [-0.2, 0) is 4.79 Å². The molecule has 0 spiro atoms.